The number of nitrogens with one attached hydrogen (secondary N) is 2. The van der Waals surface area contributed by atoms with E-state index in [1.807, 2.05) is 0 Å². The molecule has 0 aliphatic carbocycles. The molecule has 0 fully saturated rings. The predicted octanol–water partition coefficient (Wildman–Crippen LogP) is 10.4. The van der Waals surface area contributed by atoms with Crippen LogP contribution in [0, 0.1) is 0 Å². The highest BCUT2D eigenvalue weighted by molar-refractivity contribution is 5.91. The molecule has 0 atom stereocenters. The van der Waals surface area contributed by atoms with Gasteiger partial charge in [-0.05, 0) is 113 Å². The Hall–Kier alpha value is -7.19. The van der Waals surface area contributed by atoms with Gasteiger partial charge in [-0.25, -0.2) is 23.7 Å². The van der Waals surface area contributed by atoms with Crippen LogP contribution in [0.3, 0.4) is 0 Å². The fraction of sp³-hybridized carbons (Fsp3) is 0.157. The smallest absolute Gasteiger partial charge is 0.287 e. The molecule has 0 spiro atoms. The molecule has 0 unspecified atom stereocenters. The van der Waals surface area contributed by atoms with Gasteiger partial charge in [0.15, 0.2) is 33.1 Å². The normalized spacial score (nSPS) is 13.6. The molecule has 8 heteroatoms. The van der Waals surface area contributed by atoms with Gasteiger partial charge in [0.2, 0.25) is 0 Å². The Balaban J connectivity index is 1.11. The maximum Gasteiger partial charge on any atom is 0.287 e. The molecule has 0 saturated carbocycles. The number of hydrogen-bond acceptors (Lipinski definition) is 2. The first-order chi connectivity index (χ1) is 29.1. The van der Waals surface area contributed by atoms with E-state index in [1.165, 1.54) is 22.2 Å². The maximum absolute atomic E-state index is 3.72. The van der Waals surface area contributed by atoms with E-state index in [1.54, 1.807) is 0 Å². The largest absolute Gasteiger partial charge is 0.326 e. The van der Waals surface area contributed by atoms with E-state index in [-0.39, 0.29) is 0 Å². The zero-order valence-corrected chi connectivity index (χ0v) is 34.1. The summed E-state index contributed by atoms with van der Waals surface area (Å²) in [6.45, 7) is 12.3. The highest BCUT2D eigenvalue weighted by Gasteiger charge is 2.33. The Morgan fingerprint density at radius 1 is 0.525 bits per heavy atom. The van der Waals surface area contributed by atoms with Gasteiger partial charge in [0.25, 0.3) is 17.5 Å². The molecule has 6 aromatic carbocycles. The van der Waals surface area contributed by atoms with Crippen LogP contribution < -0.4 is 23.5 Å². The van der Waals surface area contributed by atoms with Crippen LogP contribution in [-0.2, 0) is 19.6 Å². The third-order valence-corrected chi connectivity index (χ3v) is 11.8. The topological polar surface area (TPSA) is 54.6 Å². The summed E-state index contributed by atoms with van der Waals surface area (Å²) in [7, 11) is 0. The molecule has 1 aliphatic heterocycles. The van der Waals surface area contributed by atoms with Gasteiger partial charge >= 0.3 is 0 Å². The minimum atomic E-state index is 0.813. The number of hydrogen-bond donors (Lipinski definition) is 2. The molecule has 59 heavy (non-hydrogen) atoms. The Morgan fingerprint density at radius 3 is 1.69 bits per heavy atom. The number of aromatic nitrogens is 6. The SMILES string of the molecule is CCN1/C(=C\C=C\c2n(-c3ccccc3)c3ccc(-c4[nH]c5ccccc5[n+]4CC)cc3[n+]2CC)N(c2ccccc2)c2ccc(-c3[nH]c4ccccc4[n+]3CC)cc21. The molecule has 3 aromatic heterocycles. The summed E-state index contributed by atoms with van der Waals surface area (Å²) < 4.78 is 9.57. The van der Waals surface area contributed by atoms with Crippen molar-refractivity contribution in [3.8, 4) is 28.5 Å². The fourth-order valence-corrected chi connectivity index (χ4v) is 9.17. The first-order valence-corrected chi connectivity index (χ1v) is 20.9. The Morgan fingerprint density at radius 2 is 1.08 bits per heavy atom. The Labute approximate surface area is 344 Å². The molecule has 0 amide bonds. The summed E-state index contributed by atoms with van der Waals surface area (Å²) in [5.74, 6) is 4.45. The average Bonchev–Trinajstić information content (AvgIpc) is 4.03. The van der Waals surface area contributed by atoms with Crippen molar-refractivity contribution in [2.45, 2.75) is 47.3 Å². The van der Waals surface area contributed by atoms with E-state index in [0.717, 1.165) is 94.2 Å². The Bertz CT molecular complexity index is 3060. The second-order valence-corrected chi connectivity index (χ2v) is 14.9. The van der Waals surface area contributed by atoms with Crippen LogP contribution in [0.25, 0.3) is 67.6 Å². The molecule has 8 nitrogen and oxygen atoms in total. The first-order valence-electron chi connectivity index (χ1n) is 20.9. The number of aryl methyl sites for hydroxylation is 3. The molecule has 9 aromatic rings. The minimum absolute atomic E-state index is 0.813. The summed E-state index contributed by atoms with van der Waals surface area (Å²) in [4.78, 5) is 12.3. The highest BCUT2D eigenvalue weighted by Crippen LogP contribution is 2.47. The maximum atomic E-state index is 3.72. The van der Waals surface area contributed by atoms with Crippen molar-refractivity contribution in [2.24, 2.45) is 0 Å². The van der Waals surface area contributed by atoms with Gasteiger partial charge in [-0.3, -0.25) is 4.90 Å². The average molecular weight is 774 g/mol. The van der Waals surface area contributed by atoms with Crippen molar-refractivity contribution in [1.29, 1.82) is 0 Å². The van der Waals surface area contributed by atoms with E-state index in [4.69, 9.17) is 0 Å². The molecule has 10 rings (SSSR count). The van der Waals surface area contributed by atoms with E-state index in [2.05, 4.69) is 230 Å². The van der Waals surface area contributed by atoms with Crippen LogP contribution in [0.1, 0.15) is 33.5 Å². The summed E-state index contributed by atoms with van der Waals surface area (Å²) in [5.41, 5.74) is 14.0. The van der Waals surface area contributed by atoms with Crippen LogP contribution >= 0.6 is 0 Å². The van der Waals surface area contributed by atoms with Crippen molar-refractivity contribution >= 4 is 56.2 Å². The zero-order valence-electron chi connectivity index (χ0n) is 34.1. The fourth-order valence-electron chi connectivity index (χ4n) is 9.17. The van der Waals surface area contributed by atoms with E-state index in [0.29, 0.717) is 0 Å². The van der Waals surface area contributed by atoms with Gasteiger partial charge < -0.3 is 4.90 Å². The number of H-pyrrole nitrogens is 2. The van der Waals surface area contributed by atoms with Crippen molar-refractivity contribution in [2.75, 3.05) is 16.3 Å². The molecule has 1 aliphatic rings. The van der Waals surface area contributed by atoms with Gasteiger partial charge in [-0.15, -0.1) is 0 Å². The van der Waals surface area contributed by atoms with Crippen molar-refractivity contribution in [1.82, 2.24) is 14.5 Å². The van der Waals surface area contributed by atoms with Crippen LogP contribution in [-0.4, -0.2) is 21.1 Å². The number of rotatable bonds is 10. The first kappa shape index (κ1) is 36.2. The number of aromatic amines is 2. The quantitative estimate of drug-likeness (QED) is 0.136. The number of para-hydroxylation sites is 6. The molecule has 0 radical (unpaired) electrons. The van der Waals surface area contributed by atoms with Crippen LogP contribution in [0.15, 0.2) is 164 Å². The van der Waals surface area contributed by atoms with E-state index < -0.39 is 0 Å². The lowest BCUT2D eigenvalue weighted by Crippen LogP contribution is -2.35. The lowest BCUT2D eigenvalue weighted by atomic mass is 10.1. The third kappa shape index (κ3) is 5.94. The number of fused-ring (bicyclic) bond motifs is 4. The zero-order chi connectivity index (χ0) is 40.0. The second-order valence-electron chi connectivity index (χ2n) is 14.9. The van der Waals surface area contributed by atoms with Gasteiger partial charge in [0, 0.05) is 24.4 Å². The molecule has 290 valence electrons. The summed E-state index contributed by atoms with van der Waals surface area (Å²) in [5, 5.41) is 0. The van der Waals surface area contributed by atoms with E-state index >= 15 is 0 Å². The molecule has 0 bridgehead atoms. The molecule has 4 heterocycles. The predicted molar refractivity (Wildman–Crippen MR) is 241 cm³/mol. The van der Waals surface area contributed by atoms with Crippen LogP contribution in [0.4, 0.5) is 17.1 Å². The highest BCUT2D eigenvalue weighted by atomic mass is 15.4. The number of allylic oxidation sites excluding steroid dienone is 2. The van der Waals surface area contributed by atoms with Crippen molar-refractivity contribution < 1.29 is 13.7 Å². The number of imidazole rings is 3. The summed E-state index contributed by atoms with van der Waals surface area (Å²) in [6.07, 6.45) is 6.78. The van der Waals surface area contributed by atoms with Gasteiger partial charge in [0.05, 0.1) is 42.1 Å². The number of anilines is 3. The van der Waals surface area contributed by atoms with Crippen molar-refractivity contribution in [3.05, 3.63) is 169 Å². The van der Waals surface area contributed by atoms with Gasteiger partial charge in [-0.2, -0.15) is 4.57 Å². The third-order valence-electron chi connectivity index (χ3n) is 11.8. The summed E-state index contributed by atoms with van der Waals surface area (Å²) in [6, 6.07) is 52.3. The molecule has 2 N–H and O–H groups in total. The molecular formula is C51H49N8+3. The molecule has 0 saturated heterocycles. The number of nitrogens with zero attached hydrogens (tertiary/aromatic N) is 6. The second kappa shape index (κ2) is 15.0. The number of benzene rings is 6. The molecular weight excluding hydrogens is 725 g/mol. The monoisotopic (exact) mass is 773 g/mol. The van der Waals surface area contributed by atoms with E-state index in [9.17, 15) is 0 Å². The van der Waals surface area contributed by atoms with Crippen LogP contribution in [0.5, 0.6) is 0 Å². The van der Waals surface area contributed by atoms with Crippen molar-refractivity contribution in [3.63, 3.8) is 0 Å². The standard InChI is InChI=1S/C51H47N8/c1-5-54-46-34-36(50-52-40-24-15-17-26-42(40)56(50)7-3)30-32-44(46)58(38-20-11-9-12-21-38)48(54)28-19-29-49-55(6-2)47-35-37(31-33-45(47)59(49)39-22-13-10-14-23-39)51-53-41-25-16-18-27-43(41)57(51)8-4/h9-35H,5-8H2,1-4H3/q+1/p+2. The van der Waals surface area contributed by atoms with Crippen LogP contribution in [0.2, 0.25) is 0 Å². The minimum Gasteiger partial charge on any atom is -0.326 e. The lowest BCUT2D eigenvalue weighted by Gasteiger charge is -2.24. The summed E-state index contributed by atoms with van der Waals surface area (Å²) >= 11 is 0. The Kier molecular flexibility index (Phi) is 9.17. The van der Waals surface area contributed by atoms with Gasteiger partial charge in [0.1, 0.15) is 11.5 Å². The lowest BCUT2D eigenvalue weighted by molar-refractivity contribution is -0.670. The van der Waals surface area contributed by atoms with Gasteiger partial charge in [-0.1, -0.05) is 66.7 Å².